The van der Waals surface area contributed by atoms with Crippen LogP contribution in [0.1, 0.15) is 16.5 Å². The first-order chi connectivity index (χ1) is 12.7. The van der Waals surface area contributed by atoms with Crippen LogP contribution in [0.3, 0.4) is 0 Å². The summed E-state index contributed by atoms with van der Waals surface area (Å²) in [6.07, 6.45) is 1.47. The van der Waals surface area contributed by atoms with E-state index in [1.54, 1.807) is 12.1 Å². The summed E-state index contributed by atoms with van der Waals surface area (Å²) in [5.41, 5.74) is 1.33. The highest BCUT2D eigenvalue weighted by Crippen LogP contribution is 2.33. The van der Waals surface area contributed by atoms with Crippen molar-refractivity contribution in [3.63, 3.8) is 0 Å². The highest BCUT2D eigenvalue weighted by molar-refractivity contribution is 7.18. The van der Waals surface area contributed by atoms with Gasteiger partial charge in [0.2, 0.25) is 0 Å². The second kappa shape index (κ2) is 6.71. The van der Waals surface area contributed by atoms with Gasteiger partial charge in [0.05, 0.1) is 28.2 Å². The average molecular weight is 379 g/mol. The monoisotopic (exact) mass is 378 g/mol. The van der Waals surface area contributed by atoms with Crippen LogP contribution in [0.25, 0.3) is 15.9 Å². The van der Waals surface area contributed by atoms with E-state index in [0.29, 0.717) is 16.3 Å². The van der Waals surface area contributed by atoms with Crippen molar-refractivity contribution in [1.82, 2.24) is 14.8 Å². The van der Waals surface area contributed by atoms with Gasteiger partial charge in [0, 0.05) is 5.56 Å². The zero-order valence-electron chi connectivity index (χ0n) is 13.3. The maximum Gasteiger partial charge on any atom is 0.290 e. The van der Waals surface area contributed by atoms with Crippen molar-refractivity contribution in [2.24, 2.45) is 0 Å². The van der Waals surface area contributed by atoms with E-state index in [0.717, 1.165) is 10.2 Å². The van der Waals surface area contributed by atoms with Crippen LogP contribution in [0, 0.1) is 11.3 Å². The van der Waals surface area contributed by atoms with Gasteiger partial charge in [0.15, 0.2) is 0 Å². The molecular formula is C19H11ClN4OS. The summed E-state index contributed by atoms with van der Waals surface area (Å²) in [6.45, 7) is 0. The highest BCUT2D eigenvalue weighted by atomic mass is 35.5. The van der Waals surface area contributed by atoms with Crippen LogP contribution in [0.15, 0.2) is 65.6 Å². The Bertz CT molecular complexity index is 1160. The van der Waals surface area contributed by atoms with Gasteiger partial charge in [-0.2, -0.15) is 15.0 Å². The minimum absolute atomic E-state index is 0.0188. The zero-order chi connectivity index (χ0) is 18.1. The summed E-state index contributed by atoms with van der Waals surface area (Å²) >= 11 is 7.73. The van der Waals surface area contributed by atoms with Gasteiger partial charge in [-0.25, -0.2) is 4.98 Å². The van der Waals surface area contributed by atoms with Crippen LogP contribution >= 0.6 is 22.9 Å². The Morgan fingerprint density at radius 1 is 1.12 bits per heavy atom. The van der Waals surface area contributed by atoms with Crippen LogP contribution in [-0.4, -0.2) is 14.8 Å². The molecule has 4 aromatic rings. The second-order valence-corrected chi connectivity index (χ2v) is 6.99. The van der Waals surface area contributed by atoms with E-state index in [2.05, 4.69) is 16.2 Å². The number of rotatable bonds is 3. The van der Waals surface area contributed by atoms with Crippen LogP contribution in [0.2, 0.25) is 5.02 Å². The van der Waals surface area contributed by atoms with Gasteiger partial charge >= 0.3 is 0 Å². The van der Waals surface area contributed by atoms with Crippen LogP contribution in [0.5, 0.6) is 0 Å². The molecule has 0 radical (unpaired) electrons. The van der Waals surface area contributed by atoms with E-state index >= 15 is 0 Å². The Morgan fingerprint density at radius 3 is 2.58 bits per heavy atom. The molecule has 0 fully saturated rings. The minimum Gasteiger partial charge on any atom is -0.266 e. The number of para-hydroxylation sites is 2. The second-order valence-electron chi connectivity index (χ2n) is 5.55. The van der Waals surface area contributed by atoms with Crippen molar-refractivity contribution in [1.29, 1.82) is 5.26 Å². The number of benzene rings is 2. The van der Waals surface area contributed by atoms with E-state index in [1.807, 2.05) is 42.5 Å². The summed E-state index contributed by atoms with van der Waals surface area (Å²) in [5.74, 6) is -0.745. The number of hydrogen-bond donors (Lipinski definition) is 0. The van der Waals surface area contributed by atoms with Crippen molar-refractivity contribution >= 4 is 33.2 Å². The molecule has 0 saturated carbocycles. The standard InChI is InChI=1S/C19H11ClN4OS/c20-17-14(11-22-24(19(17)25)12-6-2-1-3-7-12)13(10-21)18-23-15-8-4-5-9-16(15)26-18/h1-9,11,13H. The number of thiazole rings is 1. The quantitative estimate of drug-likeness (QED) is 0.536. The van der Waals surface area contributed by atoms with Crippen molar-refractivity contribution in [3.05, 3.63) is 86.7 Å². The SMILES string of the molecule is N#CC(c1nc2ccccc2s1)c1cnn(-c2ccccc2)c(=O)c1Cl. The maximum absolute atomic E-state index is 12.7. The van der Waals surface area contributed by atoms with E-state index in [1.165, 1.54) is 22.2 Å². The molecule has 0 saturated heterocycles. The molecule has 2 aromatic heterocycles. The average Bonchev–Trinajstić information content (AvgIpc) is 3.10. The molecule has 26 heavy (non-hydrogen) atoms. The van der Waals surface area contributed by atoms with Gasteiger partial charge in [0.25, 0.3) is 5.56 Å². The molecule has 1 unspecified atom stereocenters. The van der Waals surface area contributed by atoms with Crippen molar-refractivity contribution < 1.29 is 0 Å². The molecule has 4 rings (SSSR count). The van der Waals surface area contributed by atoms with Crippen molar-refractivity contribution in [2.45, 2.75) is 5.92 Å². The number of nitrogens with zero attached hydrogens (tertiary/aromatic N) is 4. The van der Waals surface area contributed by atoms with Gasteiger partial charge < -0.3 is 0 Å². The number of halogens is 1. The fraction of sp³-hybridized carbons (Fsp3) is 0.0526. The first kappa shape index (κ1) is 16.5. The Hall–Kier alpha value is -3.01. The Kier molecular flexibility index (Phi) is 4.25. The first-order valence-corrected chi connectivity index (χ1v) is 8.96. The Labute approximate surface area is 157 Å². The number of hydrogen-bond acceptors (Lipinski definition) is 5. The van der Waals surface area contributed by atoms with E-state index in [9.17, 15) is 10.1 Å². The predicted molar refractivity (Wildman–Crippen MR) is 102 cm³/mol. The van der Waals surface area contributed by atoms with Gasteiger partial charge in [-0.1, -0.05) is 41.9 Å². The highest BCUT2D eigenvalue weighted by Gasteiger charge is 2.23. The summed E-state index contributed by atoms with van der Waals surface area (Å²) in [5, 5.41) is 14.5. The lowest BCUT2D eigenvalue weighted by Gasteiger charge is -2.10. The third kappa shape index (κ3) is 2.77. The topological polar surface area (TPSA) is 71.6 Å². The molecule has 0 aliphatic rings. The molecule has 5 nitrogen and oxygen atoms in total. The largest absolute Gasteiger partial charge is 0.290 e. The van der Waals surface area contributed by atoms with E-state index in [-0.39, 0.29) is 5.02 Å². The minimum atomic E-state index is -0.745. The summed E-state index contributed by atoms with van der Waals surface area (Å²) in [6, 6.07) is 18.8. The molecule has 0 bridgehead atoms. The number of fused-ring (bicyclic) bond motifs is 1. The molecular weight excluding hydrogens is 368 g/mol. The van der Waals surface area contributed by atoms with Crippen LogP contribution in [-0.2, 0) is 0 Å². The number of aromatic nitrogens is 3. The molecule has 2 aromatic carbocycles. The maximum atomic E-state index is 12.7. The van der Waals surface area contributed by atoms with Crippen LogP contribution in [0.4, 0.5) is 0 Å². The number of nitriles is 1. The smallest absolute Gasteiger partial charge is 0.266 e. The van der Waals surface area contributed by atoms with E-state index in [4.69, 9.17) is 11.6 Å². The molecule has 0 amide bonds. The fourth-order valence-electron chi connectivity index (χ4n) is 2.67. The van der Waals surface area contributed by atoms with Crippen molar-refractivity contribution in [2.75, 3.05) is 0 Å². The lowest BCUT2D eigenvalue weighted by molar-refractivity contribution is 0.789. The summed E-state index contributed by atoms with van der Waals surface area (Å²) in [7, 11) is 0. The fourth-order valence-corrected chi connectivity index (χ4v) is 3.94. The molecule has 0 aliphatic carbocycles. The van der Waals surface area contributed by atoms with Gasteiger partial charge in [0.1, 0.15) is 15.9 Å². The van der Waals surface area contributed by atoms with Gasteiger partial charge in [-0.15, -0.1) is 11.3 Å². The molecule has 0 N–H and O–H groups in total. The third-order valence-electron chi connectivity index (χ3n) is 3.94. The molecule has 0 spiro atoms. The lowest BCUT2D eigenvalue weighted by Crippen LogP contribution is -2.23. The Morgan fingerprint density at radius 2 is 1.85 bits per heavy atom. The zero-order valence-corrected chi connectivity index (χ0v) is 14.9. The van der Waals surface area contributed by atoms with Crippen LogP contribution < -0.4 is 5.56 Å². The molecule has 1 atom stereocenters. The van der Waals surface area contributed by atoms with Gasteiger partial charge in [-0.3, -0.25) is 4.79 Å². The van der Waals surface area contributed by atoms with Gasteiger partial charge in [-0.05, 0) is 24.3 Å². The van der Waals surface area contributed by atoms with Crippen molar-refractivity contribution in [3.8, 4) is 11.8 Å². The Balaban J connectivity index is 1.82. The molecule has 126 valence electrons. The molecule has 2 heterocycles. The molecule has 7 heteroatoms. The normalized spacial score (nSPS) is 12.0. The van der Waals surface area contributed by atoms with E-state index < -0.39 is 11.5 Å². The first-order valence-electron chi connectivity index (χ1n) is 7.77. The third-order valence-corrected chi connectivity index (χ3v) is 5.43. The summed E-state index contributed by atoms with van der Waals surface area (Å²) in [4.78, 5) is 17.2. The summed E-state index contributed by atoms with van der Waals surface area (Å²) < 4.78 is 2.20. The lowest BCUT2D eigenvalue weighted by atomic mass is 10.0. The molecule has 0 aliphatic heterocycles. The predicted octanol–water partition coefficient (Wildman–Crippen LogP) is 4.15.